The molecule has 0 atom stereocenters. The first-order valence-electron chi connectivity index (χ1n) is 4.81. The maximum atomic E-state index is 10.2. The molecule has 0 aliphatic carbocycles. The van der Waals surface area contributed by atoms with Crippen molar-refractivity contribution >= 4 is 46.2 Å². The molecule has 2 nitrogen and oxygen atoms in total. The maximum absolute atomic E-state index is 10.2. The summed E-state index contributed by atoms with van der Waals surface area (Å²) in [5.41, 5.74) is 1.45. The number of pyridine rings is 1. The number of carbonyl (C=O) groups is 1. The lowest BCUT2D eigenvalue weighted by molar-refractivity contribution is 0.112. The Bertz CT molecular complexity index is 448. The Morgan fingerprint density at radius 3 is 2.12 bits per heavy atom. The van der Waals surface area contributed by atoms with E-state index in [2.05, 4.69) is 20.9 Å². The van der Waals surface area contributed by atoms with Crippen LogP contribution in [0.1, 0.15) is 16.1 Å². The predicted octanol–water partition coefficient (Wildman–Crippen LogP) is 4.27. The monoisotopic (exact) mass is 405 g/mol. The summed E-state index contributed by atoms with van der Waals surface area (Å²) in [6, 6.07) is 13.5. The van der Waals surface area contributed by atoms with Crippen molar-refractivity contribution in [3.63, 3.8) is 0 Å². The molecule has 0 bridgehead atoms. The van der Waals surface area contributed by atoms with Gasteiger partial charge in [0.1, 0.15) is 0 Å². The smallest absolute Gasteiger partial charge is 0.151 e. The molecule has 0 saturated heterocycles. The fraction of sp³-hybridized carbons (Fsp3) is 0.0769. The topological polar surface area (TPSA) is 30.0 Å². The summed E-state index contributed by atoms with van der Waals surface area (Å²) in [6.45, 7) is 1.81. The number of aromatic nitrogens is 1. The molecular weight excluding hydrogens is 393 g/mol. The summed E-state index contributed by atoms with van der Waals surface area (Å²) in [5.74, 6) is 0. The van der Waals surface area contributed by atoms with Crippen LogP contribution in [0, 0.1) is 6.92 Å². The fourth-order valence-electron chi connectivity index (χ4n) is 1.04. The van der Waals surface area contributed by atoms with E-state index < -0.39 is 0 Å². The molecule has 0 aliphatic heterocycles. The van der Waals surface area contributed by atoms with E-state index in [1.54, 1.807) is 18.3 Å². The standard InChI is InChI=1S/C7H7NO.C6H5Br.HI/c1-6-7(5-9)3-2-4-8-6;7-6-4-2-1-3-5-6;/h2-5H,1H3;1-5H;1H. The highest BCUT2D eigenvalue weighted by Gasteiger charge is 1.91. The van der Waals surface area contributed by atoms with Crippen LogP contribution in [0.15, 0.2) is 53.1 Å². The molecule has 0 amide bonds. The third-order valence-electron chi connectivity index (χ3n) is 1.91. The Balaban J connectivity index is 0.000000292. The zero-order valence-corrected chi connectivity index (χ0v) is 13.3. The molecule has 1 aromatic heterocycles. The van der Waals surface area contributed by atoms with Crippen LogP contribution in [0.3, 0.4) is 0 Å². The number of aryl methyl sites for hydroxylation is 1. The molecule has 0 saturated carbocycles. The average molecular weight is 406 g/mol. The molecule has 0 unspecified atom stereocenters. The first-order chi connectivity index (χ1) is 7.74. The average Bonchev–Trinajstić information content (AvgIpc) is 2.31. The molecule has 0 radical (unpaired) electrons. The van der Waals surface area contributed by atoms with Gasteiger partial charge in [0.25, 0.3) is 0 Å². The fourth-order valence-corrected chi connectivity index (χ4v) is 1.34. The lowest BCUT2D eigenvalue weighted by atomic mass is 10.2. The maximum Gasteiger partial charge on any atom is 0.151 e. The van der Waals surface area contributed by atoms with Crippen LogP contribution >= 0.6 is 39.9 Å². The third kappa shape index (κ3) is 6.53. The van der Waals surface area contributed by atoms with Crippen LogP contribution in [-0.4, -0.2) is 11.3 Å². The molecule has 1 heterocycles. The van der Waals surface area contributed by atoms with E-state index in [0.29, 0.717) is 5.56 Å². The van der Waals surface area contributed by atoms with Crippen molar-refractivity contribution < 1.29 is 4.79 Å². The van der Waals surface area contributed by atoms with Gasteiger partial charge in [0.15, 0.2) is 6.29 Å². The van der Waals surface area contributed by atoms with Crippen LogP contribution in [0.5, 0.6) is 0 Å². The van der Waals surface area contributed by atoms with Crippen molar-refractivity contribution in [1.82, 2.24) is 4.98 Å². The minimum Gasteiger partial charge on any atom is -0.298 e. The lowest BCUT2D eigenvalue weighted by Gasteiger charge is -1.91. The zero-order valence-electron chi connectivity index (χ0n) is 9.34. The molecule has 0 fully saturated rings. The second kappa shape index (κ2) is 9.30. The van der Waals surface area contributed by atoms with E-state index in [0.717, 1.165) is 16.5 Å². The Hall–Kier alpha value is -0.750. The number of hydrogen-bond acceptors (Lipinski definition) is 2. The van der Waals surface area contributed by atoms with E-state index in [1.165, 1.54) is 0 Å². The minimum atomic E-state index is 0. The molecule has 4 heteroatoms. The summed E-state index contributed by atoms with van der Waals surface area (Å²) in [4.78, 5) is 14.1. The quantitative estimate of drug-likeness (QED) is 0.523. The van der Waals surface area contributed by atoms with Crippen LogP contribution in [0.4, 0.5) is 0 Å². The molecule has 90 valence electrons. The van der Waals surface area contributed by atoms with E-state index >= 15 is 0 Å². The summed E-state index contributed by atoms with van der Waals surface area (Å²) in [5, 5.41) is 0. The van der Waals surface area contributed by atoms with E-state index in [1.807, 2.05) is 37.3 Å². The van der Waals surface area contributed by atoms with Gasteiger partial charge in [-0.15, -0.1) is 24.0 Å². The highest BCUT2D eigenvalue weighted by atomic mass is 127. The van der Waals surface area contributed by atoms with Crippen LogP contribution < -0.4 is 0 Å². The number of carbonyl (C=O) groups excluding carboxylic acids is 1. The number of halogens is 2. The molecule has 2 aromatic rings. The predicted molar refractivity (Wildman–Crippen MR) is 83.9 cm³/mol. The van der Waals surface area contributed by atoms with Crippen LogP contribution in [-0.2, 0) is 0 Å². The summed E-state index contributed by atoms with van der Waals surface area (Å²) >= 11 is 3.31. The van der Waals surface area contributed by atoms with Crippen LogP contribution in [0.2, 0.25) is 0 Å². The highest BCUT2D eigenvalue weighted by Crippen LogP contribution is 2.05. The normalized spacial score (nSPS) is 8.35. The van der Waals surface area contributed by atoms with Gasteiger partial charge in [0.05, 0.1) is 0 Å². The van der Waals surface area contributed by atoms with Crippen molar-refractivity contribution in [2.45, 2.75) is 6.92 Å². The Morgan fingerprint density at radius 1 is 1.12 bits per heavy atom. The second-order valence-corrected chi connectivity index (χ2v) is 4.01. The van der Waals surface area contributed by atoms with E-state index in [4.69, 9.17) is 0 Å². The summed E-state index contributed by atoms with van der Waals surface area (Å²) < 4.78 is 1.13. The minimum absolute atomic E-state index is 0. The van der Waals surface area contributed by atoms with E-state index in [9.17, 15) is 4.79 Å². The van der Waals surface area contributed by atoms with Crippen molar-refractivity contribution in [3.8, 4) is 0 Å². The number of aldehydes is 1. The molecule has 1 aromatic carbocycles. The third-order valence-corrected chi connectivity index (χ3v) is 2.44. The van der Waals surface area contributed by atoms with Gasteiger partial charge in [-0.2, -0.15) is 0 Å². The zero-order chi connectivity index (χ0) is 11.8. The number of hydrogen-bond donors (Lipinski definition) is 0. The van der Waals surface area contributed by atoms with Gasteiger partial charge >= 0.3 is 0 Å². The molecule has 0 spiro atoms. The van der Waals surface area contributed by atoms with Gasteiger partial charge in [0, 0.05) is 21.9 Å². The highest BCUT2D eigenvalue weighted by molar-refractivity contribution is 14.0. The Kier molecular flexibility index (Phi) is 8.89. The number of rotatable bonds is 1. The number of nitrogens with zero attached hydrogens (tertiary/aromatic N) is 1. The van der Waals surface area contributed by atoms with Gasteiger partial charge in [-0.1, -0.05) is 34.1 Å². The van der Waals surface area contributed by atoms with Gasteiger partial charge in [-0.3, -0.25) is 9.78 Å². The summed E-state index contributed by atoms with van der Waals surface area (Å²) in [7, 11) is 0. The van der Waals surface area contributed by atoms with Crippen LogP contribution in [0.25, 0.3) is 0 Å². The first kappa shape index (κ1) is 16.2. The molecule has 0 aliphatic rings. The molecule has 17 heavy (non-hydrogen) atoms. The SMILES string of the molecule is Brc1ccccc1.Cc1ncccc1C=O.I. The molecule has 0 N–H and O–H groups in total. The van der Waals surface area contributed by atoms with Crippen molar-refractivity contribution in [1.29, 1.82) is 0 Å². The van der Waals surface area contributed by atoms with Gasteiger partial charge in [-0.25, -0.2) is 0 Å². The van der Waals surface area contributed by atoms with Crippen molar-refractivity contribution in [3.05, 3.63) is 64.4 Å². The molecule has 2 rings (SSSR count). The van der Waals surface area contributed by atoms with Crippen molar-refractivity contribution in [2.24, 2.45) is 0 Å². The largest absolute Gasteiger partial charge is 0.298 e. The molecular formula is C13H13BrINO. The van der Waals surface area contributed by atoms with Gasteiger partial charge < -0.3 is 0 Å². The van der Waals surface area contributed by atoms with Gasteiger partial charge in [-0.05, 0) is 31.2 Å². The Labute approximate surface area is 127 Å². The Morgan fingerprint density at radius 2 is 1.76 bits per heavy atom. The van der Waals surface area contributed by atoms with Crippen molar-refractivity contribution in [2.75, 3.05) is 0 Å². The summed E-state index contributed by atoms with van der Waals surface area (Å²) in [6.07, 6.45) is 2.48. The van der Waals surface area contributed by atoms with Gasteiger partial charge in [0.2, 0.25) is 0 Å². The lowest BCUT2D eigenvalue weighted by Crippen LogP contribution is -1.87. The van der Waals surface area contributed by atoms with E-state index in [-0.39, 0.29) is 24.0 Å². The number of benzene rings is 1. The first-order valence-corrected chi connectivity index (χ1v) is 5.60. The second-order valence-electron chi connectivity index (χ2n) is 3.09.